The first-order chi connectivity index (χ1) is 18.3. The first-order valence-electron chi connectivity index (χ1n) is 13.3. The summed E-state index contributed by atoms with van der Waals surface area (Å²) in [7, 11) is 0. The van der Waals surface area contributed by atoms with Gasteiger partial charge in [0.05, 0.1) is 11.2 Å². The molecule has 6 heteroatoms. The van der Waals surface area contributed by atoms with Crippen LogP contribution in [0.15, 0.2) is 84.9 Å². The highest BCUT2D eigenvalue weighted by molar-refractivity contribution is 6.04. The van der Waals surface area contributed by atoms with Crippen molar-refractivity contribution in [1.29, 1.82) is 0 Å². The zero-order chi connectivity index (χ0) is 28.3. The van der Waals surface area contributed by atoms with E-state index in [9.17, 15) is 19.8 Å². The number of amides is 2. The summed E-state index contributed by atoms with van der Waals surface area (Å²) >= 11 is 0. The Labute approximate surface area is 230 Å². The molecule has 0 fully saturated rings. The molecule has 0 aliphatic heterocycles. The van der Waals surface area contributed by atoms with Gasteiger partial charge in [0.1, 0.15) is 5.41 Å². The lowest BCUT2D eigenvalue weighted by atomic mass is 9.89. The lowest BCUT2D eigenvalue weighted by molar-refractivity contribution is -0.142. The van der Waals surface area contributed by atoms with Gasteiger partial charge in [-0.25, -0.2) is 0 Å². The van der Waals surface area contributed by atoms with Crippen LogP contribution < -0.4 is 10.6 Å². The Kier molecular flexibility index (Phi) is 8.09. The fraction of sp³-hybridized carbons (Fsp3) is 0.333. The number of hydrogen-bond acceptors (Lipinski definition) is 4. The summed E-state index contributed by atoms with van der Waals surface area (Å²) in [6, 6.07) is 28.1. The molecule has 0 heterocycles. The summed E-state index contributed by atoms with van der Waals surface area (Å²) in [5, 5.41) is 31.8. The number of benzene rings is 4. The first-order valence-corrected chi connectivity index (χ1v) is 13.3. The van der Waals surface area contributed by atoms with Crippen molar-refractivity contribution in [1.82, 2.24) is 10.6 Å². The maximum atomic E-state index is 13.0. The molecule has 39 heavy (non-hydrogen) atoms. The lowest BCUT2D eigenvalue weighted by Gasteiger charge is -2.29. The number of hydrogen-bond donors (Lipinski definition) is 4. The second-order valence-corrected chi connectivity index (χ2v) is 11.7. The highest BCUT2D eigenvalue weighted by atomic mass is 16.3. The standard InChI is InChI=1S/C33H38N2O4/c1-31(2,29(36)34-21-32(3,38)19-23-13-15-25-9-5-7-11-27(25)17-23)30(37)35-22-33(4,39)20-24-14-16-26-10-6-8-12-28(26)18-24/h5-18,38-39H,19-22H2,1-4H3,(H,34,36)(H,35,37). The third-order valence-electron chi connectivity index (χ3n) is 7.19. The van der Waals surface area contributed by atoms with Crippen molar-refractivity contribution in [3.8, 4) is 0 Å². The number of carbonyl (C=O) groups is 2. The Morgan fingerprint density at radius 1 is 0.590 bits per heavy atom. The van der Waals surface area contributed by atoms with E-state index in [2.05, 4.69) is 10.6 Å². The van der Waals surface area contributed by atoms with Gasteiger partial charge in [0, 0.05) is 25.9 Å². The molecule has 4 rings (SSSR count). The van der Waals surface area contributed by atoms with Gasteiger partial charge in [-0.3, -0.25) is 9.59 Å². The zero-order valence-electron chi connectivity index (χ0n) is 23.1. The third-order valence-corrected chi connectivity index (χ3v) is 7.19. The first kappa shape index (κ1) is 28.3. The van der Waals surface area contributed by atoms with Gasteiger partial charge in [0.15, 0.2) is 0 Å². The molecule has 0 saturated heterocycles. The molecule has 0 bridgehead atoms. The molecular weight excluding hydrogens is 488 g/mol. The fourth-order valence-electron chi connectivity index (χ4n) is 4.79. The van der Waals surface area contributed by atoms with Gasteiger partial charge in [-0.05, 0) is 60.4 Å². The van der Waals surface area contributed by atoms with Crippen molar-refractivity contribution in [2.75, 3.05) is 13.1 Å². The molecule has 4 aromatic rings. The van der Waals surface area contributed by atoms with Crippen LogP contribution in [0.5, 0.6) is 0 Å². The zero-order valence-corrected chi connectivity index (χ0v) is 23.1. The largest absolute Gasteiger partial charge is 0.388 e. The molecule has 2 atom stereocenters. The van der Waals surface area contributed by atoms with Crippen molar-refractivity contribution in [2.45, 2.75) is 51.7 Å². The Balaban J connectivity index is 1.30. The number of fused-ring (bicyclic) bond motifs is 2. The minimum Gasteiger partial charge on any atom is -0.388 e. The van der Waals surface area contributed by atoms with Crippen molar-refractivity contribution in [3.63, 3.8) is 0 Å². The molecule has 0 aromatic heterocycles. The molecule has 0 radical (unpaired) electrons. The van der Waals surface area contributed by atoms with Gasteiger partial charge >= 0.3 is 0 Å². The summed E-state index contributed by atoms with van der Waals surface area (Å²) in [6.07, 6.45) is 0.699. The van der Waals surface area contributed by atoms with E-state index in [0.717, 1.165) is 32.7 Å². The molecule has 2 amide bonds. The maximum absolute atomic E-state index is 13.0. The van der Waals surface area contributed by atoms with E-state index in [1.807, 2.05) is 84.9 Å². The van der Waals surface area contributed by atoms with Gasteiger partial charge in [-0.2, -0.15) is 0 Å². The predicted octanol–water partition coefficient (Wildman–Crippen LogP) is 4.54. The van der Waals surface area contributed by atoms with Crippen LogP contribution in [0.1, 0.15) is 38.8 Å². The molecule has 204 valence electrons. The Morgan fingerprint density at radius 2 is 0.949 bits per heavy atom. The van der Waals surface area contributed by atoms with Crippen molar-refractivity contribution >= 4 is 33.4 Å². The normalized spacial score (nSPS) is 14.9. The SMILES string of the molecule is CC(O)(CNC(=O)C(C)(C)C(=O)NCC(C)(O)Cc1ccc2ccccc2c1)Cc1ccc2ccccc2c1. The average Bonchev–Trinajstić information content (AvgIpc) is 2.89. The Morgan fingerprint density at radius 3 is 1.33 bits per heavy atom. The molecule has 0 aliphatic carbocycles. The number of rotatable bonds is 10. The maximum Gasteiger partial charge on any atom is 0.235 e. The minimum absolute atomic E-state index is 0.00491. The Hall–Kier alpha value is -3.74. The van der Waals surface area contributed by atoms with Gasteiger partial charge in [-0.1, -0.05) is 84.9 Å². The van der Waals surface area contributed by atoms with Crippen LogP contribution in [0, 0.1) is 5.41 Å². The van der Waals surface area contributed by atoms with Crippen LogP contribution in [0.2, 0.25) is 0 Å². The summed E-state index contributed by atoms with van der Waals surface area (Å²) in [5.74, 6) is -0.985. The van der Waals surface area contributed by atoms with Gasteiger partial charge in [0.2, 0.25) is 11.8 Å². The second-order valence-electron chi connectivity index (χ2n) is 11.7. The number of aliphatic hydroxyl groups is 2. The highest BCUT2D eigenvalue weighted by Crippen LogP contribution is 2.22. The van der Waals surface area contributed by atoms with Crippen LogP contribution in [-0.4, -0.2) is 46.3 Å². The highest BCUT2D eigenvalue weighted by Gasteiger charge is 2.38. The Bertz CT molecular complexity index is 1380. The molecule has 4 N–H and O–H groups in total. The van der Waals surface area contributed by atoms with Crippen LogP contribution in [0.3, 0.4) is 0 Å². The molecule has 6 nitrogen and oxygen atoms in total. The van der Waals surface area contributed by atoms with E-state index < -0.39 is 28.4 Å². The summed E-state index contributed by atoms with van der Waals surface area (Å²) < 4.78 is 0. The fourth-order valence-corrected chi connectivity index (χ4v) is 4.79. The van der Waals surface area contributed by atoms with Crippen LogP contribution in [0.4, 0.5) is 0 Å². The lowest BCUT2D eigenvalue weighted by Crippen LogP contribution is -2.53. The van der Waals surface area contributed by atoms with Crippen LogP contribution in [-0.2, 0) is 22.4 Å². The topological polar surface area (TPSA) is 98.7 Å². The van der Waals surface area contributed by atoms with Gasteiger partial charge in [0.25, 0.3) is 0 Å². The van der Waals surface area contributed by atoms with E-state index in [1.165, 1.54) is 13.8 Å². The molecule has 2 unspecified atom stereocenters. The summed E-state index contributed by atoms with van der Waals surface area (Å²) in [4.78, 5) is 25.9. The third kappa shape index (κ3) is 7.22. The molecule has 0 saturated carbocycles. The van der Waals surface area contributed by atoms with Gasteiger partial charge in [-0.15, -0.1) is 0 Å². The molecular formula is C33H38N2O4. The predicted molar refractivity (Wildman–Crippen MR) is 156 cm³/mol. The van der Waals surface area contributed by atoms with E-state index in [1.54, 1.807) is 13.8 Å². The minimum atomic E-state index is -1.39. The van der Waals surface area contributed by atoms with E-state index >= 15 is 0 Å². The van der Waals surface area contributed by atoms with Crippen LogP contribution >= 0.6 is 0 Å². The van der Waals surface area contributed by atoms with Crippen molar-refractivity contribution < 1.29 is 19.8 Å². The van der Waals surface area contributed by atoms with Crippen LogP contribution in [0.25, 0.3) is 21.5 Å². The van der Waals surface area contributed by atoms with E-state index in [-0.39, 0.29) is 13.1 Å². The molecule has 0 spiro atoms. The number of nitrogens with one attached hydrogen (secondary N) is 2. The summed E-state index contributed by atoms with van der Waals surface area (Å²) in [5.41, 5.74) is -1.88. The average molecular weight is 527 g/mol. The van der Waals surface area contributed by atoms with E-state index in [4.69, 9.17) is 0 Å². The second kappa shape index (κ2) is 11.2. The van der Waals surface area contributed by atoms with Crippen molar-refractivity contribution in [2.24, 2.45) is 5.41 Å². The summed E-state index contributed by atoms with van der Waals surface area (Å²) in [6.45, 7) is 6.39. The molecule has 0 aliphatic rings. The monoisotopic (exact) mass is 526 g/mol. The quantitative estimate of drug-likeness (QED) is 0.228. The smallest absolute Gasteiger partial charge is 0.235 e. The van der Waals surface area contributed by atoms with E-state index in [0.29, 0.717) is 12.8 Å². The van der Waals surface area contributed by atoms with Crippen molar-refractivity contribution in [3.05, 3.63) is 96.1 Å². The number of carbonyl (C=O) groups excluding carboxylic acids is 2. The van der Waals surface area contributed by atoms with Gasteiger partial charge < -0.3 is 20.8 Å². The molecule has 4 aromatic carbocycles.